The zero-order chi connectivity index (χ0) is 25.1. The Kier molecular flexibility index (Phi) is 6.97. The summed E-state index contributed by atoms with van der Waals surface area (Å²) < 4.78 is 31.3. The Morgan fingerprint density at radius 1 is 1.17 bits per heavy atom. The van der Waals surface area contributed by atoms with E-state index in [0.717, 1.165) is 0 Å². The molecule has 0 spiro atoms. The van der Waals surface area contributed by atoms with Crippen LogP contribution in [0.2, 0.25) is 0 Å². The van der Waals surface area contributed by atoms with Gasteiger partial charge in [0.1, 0.15) is 12.4 Å². The van der Waals surface area contributed by atoms with Gasteiger partial charge in [-0.1, -0.05) is 42.2 Å². The molecule has 1 aliphatic heterocycles. The molecule has 0 saturated carbocycles. The van der Waals surface area contributed by atoms with Crippen LogP contribution in [0.5, 0.6) is 11.5 Å². The van der Waals surface area contributed by atoms with Gasteiger partial charge in [-0.15, -0.1) is 0 Å². The lowest BCUT2D eigenvalue weighted by Gasteiger charge is -2.25. The molecule has 0 saturated heterocycles. The summed E-state index contributed by atoms with van der Waals surface area (Å²) in [4.78, 5) is 31.7. The third-order valence-electron chi connectivity index (χ3n) is 5.46. The summed E-state index contributed by atoms with van der Waals surface area (Å²) in [5.41, 5.74) is 1.63. The first kappa shape index (κ1) is 24.2. The van der Waals surface area contributed by atoms with Crippen LogP contribution in [0.4, 0.5) is 4.39 Å². The number of rotatable bonds is 7. The van der Waals surface area contributed by atoms with E-state index in [0.29, 0.717) is 37.7 Å². The number of benzene rings is 2. The smallest absolute Gasteiger partial charge is 0.338 e. The highest BCUT2D eigenvalue weighted by molar-refractivity contribution is 7.07. The SMILES string of the molecule is C=CCOC(=O)C1=C(C)N=c2s/c(=C/c3ccc(F)cc3)c(=O)n2C1c1ccc(OC)c(OC)c1. The number of esters is 1. The molecule has 180 valence electrons. The number of methoxy groups -OCH3 is 2. The van der Waals surface area contributed by atoms with Crippen LogP contribution in [-0.2, 0) is 9.53 Å². The predicted molar refractivity (Wildman–Crippen MR) is 131 cm³/mol. The van der Waals surface area contributed by atoms with Crippen molar-refractivity contribution < 1.29 is 23.4 Å². The van der Waals surface area contributed by atoms with Crippen molar-refractivity contribution in [2.75, 3.05) is 20.8 Å². The fourth-order valence-electron chi connectivity index (χ4n) is 3.84. The molecule has 2 heterocycles. The topological polar surface area (TPSA) is 79.1 Å². The standard InChI is InChI=1S/C26H23FN2O5S/c1-5-12-34-25(31)22-15(2)28-26-29(23(22)17-8-11-19(32-3)20(14-17)33-4)24(30)21(35-26)13-16-6-9-18(27)10-7-16/h5-11,13-14,23H,1,12H2,2-4H3/b21-13+. The van der Waals surface area contributed by atoms with E-state index in [9.17, 15) is 14.0 Å². The normalized spacial score (nSPS) is 15.3. The van der Waals surface area contributed by atoms with E-state index in [-0.39, 0.29) is 23.6 Å². The van der Waals surface area contributed by atoms with Crippen LogP contribution in [0.15, 0.2) is 76.2 Å². The van der Waals surface area contributed by atoms with Gasteiger partial charge in [-0.3, -0.25) is 9.36 Å². The number of hydrogen-bond acceptors (Lipinski definition) is 7. The summed E-state index contributed by atoms with van der Waals surface area (Å²) in [6.45, 7) is 5.31. The minimum atomic E-state index is -0.807. The third-order valence-corrected chi connectivity index (χ3v) is 6.45. The van der Waals surface area contributed by atoms with Crippen molar-refractivity contribution in [3.8, 4) is 11.5 Å². The summed E-state index contributed by atoms with van der Waals surface area (Å²) >= 11 is 1.19. The molecule has 2 aromatic carbocycles. The number of hydrogen-bond donors (Lipinski definition) is 0. The number of carbonyl (C=O) groups excluding carboxylic acids is 1. The molecule has 1 atom stereocenters. The second-order valence-corrected chi connectivity index (χ2v) is 8.64. The lowest BCUT2D eigenvalue weighted by atomic mass is 9.95. The summed E-state index contributed by atoms with van der Waals surface area (Å²) in [6, 6.07) is 10.2. The quantitative estimate of drug-likeness (QED) is 0.373. The first-order valence-corrected chi connectivity index (χ1v) is 11.5. The zero-order valence-electron chi connectivity index (χ0n) is 19.4. The predicted octanol–water partition coefficient (Wildman–Crippen LogP) is 3.12. The number of halogens is 1. The molecule has 4 rings (SSSR count). The summed E-state index contributed by atoms with van der Waals surface area (Å²) in [5.74, 6) is -0.00234. The second-order valence-electron chi connectivity index (χ2n) is 7.63. The van der Waals surface area contributed by atoms with Gasteiger partial charge in [-0.2, -0.15) is 0 Å². The van der Waals surface area contributed by atoms with Crippen LogP contribution >= 0.6 is 11.3 Å². The van der Waals surface area contributed by atoms with E-state index < -0.39 is 12.0 Å². The van der Waals surface area contributed by atoms with Crippen molar-refractivity contribution >= 4 is 23.4 Å². The Hall–Kier alpha value is -3.98. The molecule has 0 radical (unpaired) electrons. The fourth-order valence-corrected chi connectivity index (χ4v) is 4.89. The first-order valence-electron chi connectivity index (χ1n) is 10.7. The Labute approximate surface area is 204 Å². The third kappa shape index (κ3) is 4.67. The lowest BCUT2D eigenvalue weighted by Crippen LogP contribution is -2.40. The highest BCUT2D eigenvalue weighted by Crippen LogP contribution is 2.36. The van der Waals surface area contributed by atoms with Gasteiger partial charge < -0.3 is 14.2 Å². The molecule has 3 aromatic rings. The van der Waals surface area contributed by atoms with Crippen molar-refractivity contribution in [1.82, 2.24) is 4.57 Å². The molecule has 1 aromatic heterocycles. The molecular formula is C26H23FN2O5S. The van der Waals surface area contributed by atoms with E-state index >= 15 is 0 Å². The van der Waals surface area contributed by atoms with Gasteiger partial charge in [0.25, 0.3) is 5.56 Å². The maximum absolute atomic E-state index is 13.6. The van der Waals surface area contributed by atoms with Gasteiger partial charge >= 0.3 is 5.97 Å². The number of ether oxygens (including phenoxy) is 3. The fraction of sp³-hybridized carbons (Fsp3) is 0.192. The maximum Gasteiger partial charge on any atom is 0.338 e. The van der Waals surface area contributed by atoms with Gasteiger partial charge in [0.15, 0.2) is 16.3 Å². The lowest BCUT2D eigenvalue weighted by molar-refractivity contribution is -0.138. The van der Waals surface area contributed by atoms with E-state index in [1.54, 1.807) is 43.3 Å². The first-order chi connectivity index (χ1) is 16.9. The van der Waals surface area contributed by atoms with E-state index in [1.807, 2.05) is 0 Å². The summed E-state index contributed by atoms with van der Waals surface area (Å²) in [6.07, 6.45) is 3.14. The Balaban J connectivity index is 1.95. The van der Waals surface area contributed by atoms with Gasteiger partial charge in [-0.05, 0) is 48.4 Å². The van der Waals surface area contributed by atoms with Gasteiger partial charge in [0, 0.05) is 0 Å². The molecule has 0 bridgehead atoms. The van der Waals surface area contributed by atoms with Crippen LogP contribution in [0.1, 0.15) is 24.1 Å². The number of allylic oxidation sites excluding steroid dienone is 1. The minimum absolute atomic E-state index is 0.0171. The van der Waals surface area contributed by atoms with Crippen LogP contribution in [0, 0.1) is 5.82 Å². The van der Waals surface area contributed by atoms with Crippen molar-refractivity contribution in [3.05, 3.63) is 103 Å². The monoisotopic (exact) mass is 494 g/mol. The number of thiazole rings is 1. The zero-order valence-corrected chi connectivity index (χ0v) is 20.2. The molecule has 1 aliphatic rings. The van der Waals surface area contributed by atoms with Crippen LogP contribution in [0.3, 0.4) is 0 Å². The maximum atomic E-state index is 13.6. The van der Waals surface area contributed by atoms with Gasteiger partial charge in [0.2, 0.25) is 0 Å². The van der Waals surface area contributed by atoms with E-state index in [4.69, 9.17) is 14.2 Å². The molecule has 0 aliphatic carbocycles. The van der Waals surface area contributed by atoms with Crippen molar-refractivity contribution in [2.45, 2.75) is 13.0 Å². The van der Waals surface area contributed by atoms with Crippen LogP contribution < -0.4 is 24.4 Å². The second kappa shape index (κ2) is 10.1. The van der Waals surface area contributed by atoms with Gasteiger partial charge in [0.05, 0.1) is 36.1 Å². The van der Waals surface area contributed by atoms with Gasteiger partial charge in [-0.25, -0.2) is 14.2 Å². The Morgan fingerprint density at radius 2 is 1.89 bits per heavy atom. The molecule has 7 nitrogen and oxygen atoms in total. The molecule has 1 unspecified atom stereocenters. The molecule has 35 heavy (non-hydrogen) atoms. The average Bonchev–Trinajstić information content (AvgIpc) is 3.16. The number of aromatic nitrogens is 1. The summed E-state index contributed by atoms with van der Waals surface area (Å²) in [5, 5.41) is 0. The largest absolute Gasteiger partial charge is 0.493 e. The number of fused-ring (bicyclic) bond motifs is 1. The highest BCUT2D eigenvalue weighted by atomic mass is 32.1. The Morgan fingerprint density at radius 3 is 2.54 bits per heavy atom. The van der Waals surface area contributed by atoms with E-state index in [1.165, 1.54) is 48.3 Å². The molecular weight excluding hydrogens is 471 g/mol. The molecule has 9 heteroatoms. The molecule has 0 N–H and O–H groups in total. The number of nitrogens with zero attached hydrogens (tertiary/aromatic N) is 2. The average molecular weight is 495 g/mol. The molecule has 0 amide bonds. The summed E-state index contributed by atoms with van der Waals surface area (Å²) in [7, 11) is 3.04. The van der Waals surface area contributed by atoms with Crippen molar-refractivity contribution in [1.29, 1.82) is 0 Å². The number of carbonyl (C=O) groups is 1. The van der Waals surface area contributed by atoms with Crippen LogP contribution in [0.25, 0.3) is 6.08 Å². The van der Waals surface area contributed by atoms with E-state index in [2.05, 4.69) is 11.6 Å². The van der Waals surface area contributed by atoms with Crippen molar-refractivity contribution in [2.24, 2.45) is 4.99 Å². The molecule has 0 fully saturated rings. The Bertz CT molecular complexity index is 1500. The highest BCUT2D eigenvalue weighted by Gasteiger charge is 2.34. The van der Waals surface area contributed by atoms with Crippen molar-refractivity contribution in [3.63, 3.8) is 0 Å². The van der Waals surface area contributed by atoms with Crippen LogP contribution in [-0.4, -0.2) is 31.4 Å². The minimum Gasteiger partial charge on any atom is -0.493 e.